The maximum atomic E-state index is 13.8. The molecule has 0 spiro atoms. The second kappa shape index (κ2) is 12.8. The Balaban J connectivity index is 1.58. The zero-order valence-corrected chi connectivity index (χ0v) is 27.0. The largest absolute Gasteiger partial charge is 0.416 e. The van der Waals surface area contributed by atoms with Crippen LogP contribution in [-0.4, -0.2) is 40.6 Å². The van der Waals surface area contributed by atoms with Gasteiger partial charge >= 0.3 is 12.4 Å². The fourth-order valence-corrected chi connectivity index (χ4v) is 6.16. The number of alkyl halides is 6. The highest BCUT2D eigenvalue weighted by Crippen LogP contribution is 2.42. The molecule has 0 radical (unpaired) electrons. The SMILES string of the molecule is CC(C)CN(N)/N=C(\N)N(Cc1cc(C(F)(F)F)cc(C(F)(F)F)c1)Cc1cc2c(nc1N(CC1CC1)CC1CC1)C(C)(C)CC2. The van der Waals surface area contributed by atoms with Crippen LogP contribution in [0.4, 0.5) is 32.2 Å². The van der Waals surface area contributed by atoms with Crippen LogP contribution < -0.4 is 16.5 Å². The number of halogens is 6. The molecule has 5 rings (SSSR count). The molecule has 2 saturated carbocycles. The van der Waals surface area contributed by atoms with Crippen LogP contribution in [0.15, 0.2) is 29.4 Å². The van der Waals surface area contributed by atoms with Gasteiger partial charge in [0.1, 0.15) is 5.82 Å². The maximum Gasteiger partial charge on any atom is 0.416 e. The number of fused-ring (bicyclic) bond motifs is 1. The van der Waals surface area contributed by atoms with Gasteiger partial charge in [-0.3, -0.25) is 0 Å². The second-order valence-corrected chi connectivity index (χ2v) is 14.4. The van der Waals surface area contributed by atoms with E-state index >= 15 is 0 Å². The fraction of sp³-hybridized carbons (Fsp3) is 0.636. The highest BCUT2D eigenvalue weighted by molar-refractivity contribution is 5.78. The summed E-state index contributed by atoms with van der Waals surface area (Å²) in [5.74, 6) is 8.05. The third-order valence-electron chi connectivity index (χ3n) is 8.96. The van der Waals surface area contributed by atoms with Crippen molar-refractivity contribution in [1.29, 1.82) is 0 Å². The van der Waals surface area contributed by atoms with Crippen molar-refractivity contribution in [3.05, 3.63) is 57.8 Å². The number of nitrogens with two attached hydrogens (primary N) is 2. The Morgan fingerprint density at radius 1 is 0.935 bits per heavy atom. The van der Waals surface area contributed by atoms with E-state index in [1.165, 1.54) is 4.90 Å². The lowest BCUT2D eigenvalue weighted by Gasteiger charge is -2.31. The monoisotopic (exact) mass is 653 g/mol. The molecule has 0 aliphatic heterocycles. The molecule has 0 saturated heterocycles. The van der Waals surface area contributed by atoms with Gasteiger partial charge in [0, 0.05) is 37.2 Å². The van der Waals surface area contributed by atoms with Gasteiger partial charge < -0.3 is 15.5 Å². The number of hydrazine groups is 1. The molecule has 0 amide bonds. The van der Waals surface area contributed by atoms with Gasteiger partial charge in [0.25, 0.3) is 0 Å². The Morgan fingerprint density at radius 3 is 2.00 bits per heavy atom. The van der Waals surface area contributed by atoms with E-state index in [1.54, 1.807) is 0 Å². The van der Waals surface area contributed by atoms with E-state index in [1.807, 2.05) is 13.8 Å². The minimum absolute atomic E-state index is 0.0737. The zero-order valence-electron chi connectivity index (χ0n) is 27.0. The number of rotatable bonds is 12. The number of pyridine rings is 1. The quantitative estimate of drug-likeness (QED) is 0.0841. The van der Waals surface area contributed by atoms with Crippen molar-refractivity contribution in [3.63, 3.8) is 0 Å². The molecule has 2 aromatic rings. The van der Waals surface area contributed by atoms with Crippen molar-refractivity contribution in [2.24, 2.45) is 34.4 Å². The van der Waals surface area contributed by atoms with Gasteiger partial charge in [-0.25, -0.2) is 15.9 Å². The van der Waals surface area contributed by atoms with Crippen LogP contribution in [0.2, 0.25) is 0 Å². The summed E-state index contributed by atoms with van der Waals surface area (Å²) >= 11 is 0. The van der Waals surface area contributed by atoms with Crippen LogP contribution in [0, 0.1) is 17.8 Å². The van der Waals surface area contributed by atoms with Gasteiger partial charge in [0.15, 0.2) is 0 Å². The van der Waals surface area contributed by atoms with E-state index in [0.717, 1.165) is 91.5 Å². The van der Waals surface area contributed by atoms with Crippen molar-refractivity contribution in [1.82, 2.24) is 15.0 Å². The van der Waals surface area contributed by atoms with Gasteiger partial charge in [-0.15, -0.1) is 5.10 Å². The van der Waals surface area contributed by atoms with Gasteiger partial charge in [-0.05, 0) is 91.7 Å². The molecule has 254 valence electrons. The Kier molecular flexibility index (Phi) is 9.47. The summed E-state index contributed by atoms with van der Waals surface area (Å²) in [6.07, 6.45) is -3.58. The number of aromatic nitrogens is 1. The standard InChI is InChI=1S/C33H45F6N7/c1-20(2)15-46(41)43-30(40)45(18-23-11-26(32(34,35)36)14-27(12-23)33(37,38)39)19-25-13-24-9-10-31(3,4)28(24)42-29(25)44(16-21-5-6-21)17-22-7-8-22/h11-14,20-22H,5-10,15-19,41H2,1-4H3,(H2,40,43). The molecule has 46 heavy (non-hydrogen) atoms. The predicted molar refractivity (Wildman–Crippen MR) is 166 cm³/mol. The van der Waals surface area contributed by atoms with Gasteiger partial charge in [-0.2, -0.15) is 26.3 Å². The first-order valence-electron chi connectivity index (χ1n) is 16.1. The molecule has 0 unspecified atom stereocenters. The van der Waals surface area contributed by atoms with Crippen molar-refractivity contribution in [2.45, 2.75) is 97.1 Å². The summed E-state index contributed by atoms with van der Waals surface area (Å²) in [6.45, 7) is 9.98. The third-order valence-corrected chi connectivity index (χ3v) is 8.96. The van der Waals surface area contributed by atoms with Crippen LogP contribution >= 0.6 is 0 Å². The molecule has 0 atom stereocenters. The summed E-state index contributed by atoms with van der Waals surface area (Å²) in [7, 11) is 0. The summed E-state index contributed by atoms with van der Waals surface area (Å²) in [5.41, 5.74) is 6.35. The fourth-order valence-electron chi connectivity index (χ4n) is 6.16. The number of anilines is 1. The minimum atomic E-state index is -4.97. The normalized spacial score (nSPS) is 18.2. The molecular formula is C33H45F6N7. The summed E-state index contributed by atoms with van der Waals surface area (Å²) < 4.78 is 82.5. The average Bonchev–Trinajstić information content (AvgIpc) is 3.87. The predicted octanol–water partition coefficient (Wildman–Crippen LogP) is 7.03. The Bertz CT molecular complexity index is 1380. The molecule has 1 heterocycles. The first-order chi connectivity index (χ1) is 21.4. The van der Waals surface area contributed by atoms with Crippen LogP contribution in [0.3, 0.4) is 0 Å². The Labute approximate surface area is 267 Å². The van der Waals surface area contributed by atoms with Crippen LogP contribution in [0.1, 0.15) is 93.3 Å². The minimum Gasteiger partial charge on any atom is -0.368 e. The number of hydrogen-bond donors (Lipinski definition) is 2. The van der Waals surface area contributed by atoms with Crippen LogP contribution in [-0.2, 0) is 37.3 Å². The molecule has 3 aliphatic carbocycles. The molecule has 3 aliphatic rings. The maximum absolute atomic E-state index is 13.8. The molecular weight excluding hydrogens is 608 g/mol. The summed E-state index contributed by atoms with van der Waals surface area (Å²) in [6, 6.07) is 3.70. The highest BCUT2D eigenvalue weighted by Gasteiger charge is 2.38. The van der Waals surface area contributed by atoms with E-state index in [0.29, 0.717) is 18.4 Å². The van der Waals surface area contributed by atoms with E-state index in [2.05, 4.69) is 29.9 Å². The Hall–Kier alpha value is -3.22. The average molecular weight is 654 g/mol. The molecule has 2 fully saturated rings. The van der Waals surface area contributed by atoms with E-state index in [-0.39, 0.29) is 42.0 Å². The Morgan fingerprint density at radius 2 is 1.50 bits per heavy atom. The van der Waals surface area contributed by atoms with Crippen molar-refractivity contribution in [3.8, 4) is 0 Å². The van der Waals surface area contributed by atoms with Crippen molar-refractivity contribution < 1.29 is 26.3 Å². The van der Waals surface area contributed by atoms with E-state index < -0.39 is 23.5 Å². The first kappa shape index (κ1) is 34.1. The van der Waals surface area contributed by atoms with Crippen molar-refractivity contribution >= 4 is 11.8 Å². The zero-order chi connectivity index (χ0) is 33.6. The summed E-state index contributed by atoms with van der Waals surface area (Å²) in [4.78, 5) is 9.10. The van der Waals surface area contributed by atoms with E-state index in [4.69, 9.17) is 16.6 Å². The smallest absolute Gasteiger partial charge is 0.368 e. The number of aryl methyl sites for hydroxylation is 1. The number of guanidine groups is 1. The van der Waals surface area contributed by atoms with Gasteiger partial charge in [0.05, 0.1) is 23.4 Å². The third kappa shape index (κ3) is 8.57. The topological polar surface area (TPSA) is 87.0 Å². The van der Waals surface area contributed by atoms with Gasteiger partial charge in [-0.1, -0.05) is 27.7 Å². The summed E-state index contributed by atoms with van der Waals surface area (Å²) in [5, 5.41) is 5.44. The molecule has 0 bridgehead atoms. The molecule has 13 heteroatoms. The highest BCUT2D eigenvalue weighted by atomic mass is 19.4. The number of benzene rings is 1. The lowest BCUT2D eigenvalue weighted by Crippen LogP contribution is -2.41. The molecule has 4 N–H and O–H groups in total. The molecule has 7 nitrogen and oxygen atoms in total. The number of nitrogens with zero attached hydrogens (tertiary/aromatic N) is 5. The molecule has 1 aromatic carbocycles. The van der Waals surface area contributed by atoms with Crippen molar-refractivity contribution in [2.75, 3.05) is 24.5 Å². The van der Waals surface area contributed by atoms with Gasteiger partial charge in [0.2, 0.25) is 5.96 Å². The lowest BCUT2D eigenvalue weighted by atomic mass is 9.90. The number of hydrogen-bond acceptors (Lipinski definition) is 5. The first-order valence-corrected chi connectivity index (χ1v) is 16.1. The van der Waals surface area contributed by atoms with Crippen LogP contribution in [0.5, 0.6) is 0 Å². The van der Waals surface area contributed by atoms with Crippen LogP contribution in [0.25, 0.3) is 0 Å². The lowest BCUT2D eigenvalue weighted by molar-refractivity contribution is -0.143. The van der Waals surface area contributed by atoms with E-state index in [9.17, 15) is 26.3 Å². The number of hydrazone groups is 1. The second-order valence-electron chi connectivity index (χ2n) is 14.4. The molecule has 1 aromatic heterocycles.